The highest BCUT2D eigenvalue weighted by Gasteiger charge is 2.13. The summed E-state index contributed by atoms with van der Waals surface area (Å²) in [4.78, 5) is 15.3. The van der Waals surface area contributed by atoms with Crippen LogP contribution in [0.2, 0.25) is 5.22 Å². The van der Waals surface area contributed by atoms with Crippen molar-refractivity contribution in [2.75, 3.05) is 12.4 Å². The van der Waals surface area contributed by atoms with Gasteiger partial charge in [-0.2, -0.15) is 4.98 Å². The number of methoxy groups -OCH3 is 1. The second-order valence-corrected chi connectivity index (χ2v) is 3.10. The first kappa shape index (κ1) is 10.5. The standard InChI is InChI=1S/C8H7ClN4O3/c1-15-8-11-7(12-13-8)10-6(14)4-2-3-5(9)16-4/h2-3H,1H3,(H2,10,11,12,13,14). The van der Waals surface area contributed by atoms with Crippen LogP contribution in [-0.4, -0.2) is 28.2 Å². The van der Waals surface area contributed by atoms with Gasteiger partial charge in [-0.3, -0.25) is 10.1 Å². The molecule has 8 heteroatoms. The second kappa shape index (κ2) is 4.23. The maximum absolute atomic E-state index is 11.5. The summed E-state index contributed by atoms with van der Waals surface area (Å²) in [5, 5.41) is 8.69. The molecule has 0 saturated heterocycles. The van der Waals surface area contributed by atoms with Crippen LogP contribution in [0.15, 0.2) is 16.5 Å². The third kappa shape index (κ3) is 2.14. The van der Waals surface area contributed by atoms with Gasteiger partial charge in [0.25, 0.3) is 5.91 Å². The van der Waals surface area contributed by atoms with Crippen molar-refractivity contribution in [3.63, 3.8) is 0 Å². The lowest BCUT2D eigenvalue weighted by molar-refractivity contribution is 0.0996. The molecular weight excluding hydrogens is 236 g/mol. The molecule has 16 heavy (non-hydrogen) atoms. The van der Waals surface area contributed by atoms with Gasteiger partial charge in [-0.05, 0) is 23.7 Å². The lowest BCUT2D eigenvalue weighted by Crippen LogP contribution is -2.11. The van der Waals surface area contributed by atoms with Crippen molar-refractivity contribution in [2.45, 2.75) is 0 Å². The number of ether oxygens (including phenoxy) is 1. The zero-order chi connectivity index (χ0) is 11.5. The van der Waals surface area contributed by atoms with E-state index in [9.17, 15) is 4.79 Å². The topological polar surface area (TPSA) is 93.0 Å². The van der Waals surface area contributed by atoms with Crippen molar-refractivity contribution in [1.29, 1.82) is 0 Å². The minimum absolute atomic E-state index is 0.0837. The van der Waals surface area contributed by atoms with Crippen molar-refractivity contribution in [3.05, 3.63) is 23.1 Å². The Bertz CT molecular complexity index is 507. The van der Waals surface area contributed by atoms with Gasteiger partial charge < -0.3 is 9.15 Å². The van der Waals surface area contributed by atoms with E-state index in [0.717, 1.165) is 0 Å². The van der Waals surface area contributed by atoms with Gasteiger partial charge in [0.1, 0.15) is 0 Å². The smallest absolute Gasteiger partial charge is 0.336 e. The number of hydrogen-bond acceptors (Lipinski definition) is 5. The number of hydrogen-bond donors (Lipinski definition) is 2. The van der Waals surface area contributed by atoms with Gasteiger partial charge >= 0.3 is 6.01 Å². The zero-order valence-corrected chi connectivity index (χ0v) is 8.91. The molecule has 2 aromatic rings. The summed E-state index contributed by atoms with van der Waals surface area (Å²) < 4.78 is 9.65. The molecular formula is C8H7ClN4O3. The maximum atomic E-state index is 11.5. The number of anilines is 1. The third-order valence-corrected chi connectivity index (χ3v) is 1.88. The van der Waals surface area contributed by atoms with Crippen molar-refractivity contribution in [1.82, 2.24) is 15.2 Å². The van der Waals surface area contributed by atoms with Crippen LogP contribution >= 0.6 is 11.6 Å². The number of aromatic amines is 1. The van der Waals surface area contributed by atoms with Crippen molar-refractivity contribution >= 4 is 23.5 Å². The van der Waals surface area contributed by atoms with E-state index >= 15 is 0 Å². The summed E-state index contributed by atoms with van der Waals surface area (Å²) in [7, 11) is 1.42. The summed E-state index contributed by atoms with van der Waals surface area (Å²) in [5.74, 6) is -0.236. The summed E-state index contributed by atoms with van der Waals surface area (Å²) >= 11 is 5.53. The predicted molar refractivity (Wildman–Crippen MR) is 54.6 cm³/mol. The summed E-state index contributed by atoms with van der Waals surface area (Å²) in [5.41, 5.74) is 0. The summed E-state index contributed by atoms with van der Waals surface area (Å²) in [6.45, 7) is 0. The predicted octanol–water partition coefficient (Wildman–Crippen LogP) is 1.31. The molecule has 0 saturated carbocycles. The Morgan fingerprint density at radius 1 is 1.62 bits per heavy atom. The number of rotatable bonds is 3. The molecule has 0 aliphatic rings. The van der Waals surface area contributed by atoms with E-state index in [4.69, 9.17) is 20.8 Å². The summed E-state index contributed by atoms with van der Waals surface area (Å²) in [6.07, 6.45) is 0. The van der Waals surface area contributed by atoms with E-state index < -0.39 is 5.91 Å². The van der Waals surface area contributed by atoms with Crippen LogP contribution < -0.4 is 10.1 Å². The van der Waals surface area contributed by atoms with E-state index in [2.05, 4.69) is 20.5 Å². The average Bonchev–Trinajstić information content (AvgIpc) is 2.87. The number of furan rings is 1. The molecule has 0 atom stereocenters. The Morgan fingerprint density at radius 3 is 3.00 bits per heavy atom. The Hall–Kier alpha value is -2.02. The SMILES string of the molecule is COc1n[nH]c(NC(=O)c2ccc(Cl)o2)n1. The van der Waals surface area contributed by atoms with E-state index in [0.29, 0.717) is 0 Å². The van der Waals surface area contributed by atoms with Crippen molar-refractivity contribution in [3.8, 4) is 6.01 Å². The lowest BCUT2D eigenvalue weighted by atomic mass is 10.4. The Balaban J connectivity index is 2.07. The van der Waals surface area contributed by atoms with E-state index in [1.807, 2.05) is 0 Å². The van der Waals surface area contributed by atoms with Gasteiger partial charge in [0.15, 0.2) is 11.0 Å². The third-order valence-electron chi connectivity index (χ3n) is 1.68. The molecule has 84 valence electrons. The molecule has 2 N–H and O–H groups in total. The second-order valence-electron chi connectivity index (χ2n) is 2.73. The largest absolute Gasteiger partial charge is 0.466 e. The molecule has 0 aliphatic carbocycles. The van der Waals surface area contributed by atoms with Crippen LogP contribution in [0.1, 0.15) is 10.6 Å². The molecule has 2 rings (SSSR count). The highest BCUT2D eigenvalue weighted by Crippen LogP contribution is 2.14. The zero-order valence-electron chi connectivity index (χ0n) is 8.15. The fraction of sp³-hybridized carbons (Fsp3) is 0.125. The van der Waals surface area contributed by atoms with Crippen LogP contribution in [0.25, 0.3) is 0 Å². The number of halogens is 1. The van der Waals surface area contributed by atoms with Crippen LogP contribution in [0.3, 0.4) is 0 Å². The Labute approximate surface area is 94.8 Å². The van der Waals surface area contributed by atoms with Gasteiger partial charge in [-0.1, -0.05) is 0 Å². The highest BCUT2D eigenvalue weighted by atomic mass is 35.5. The monoisotopic (exact) mass is 242 g/mol. The number of carbonyl (C=O) groups excluding carboxylic acids is 1. The molecule has 0 aliphatic heterocycles. The first-order valence-corrected chi connectivity index (χ1v) is 4.60. The molecule has 2 heterocycles. The Morgan fingerprint density at radius 2 is 2.44 bits per heavy atom. The van der Waals surface area contributed by atoms with Gasteiger partial charge in [0.2, 0.25) is 5.95 Å². The van der Waals surface area contributed by atoms with Crippen LogP contribution in [-0.2, 0) is 0 Å². The minimum Gasteiger partial charge on any atom is -0.466 e. The van der Waals surface area contributed by atoms with Crippen LogP contribution in [0, 0.1) is 0 Å². The van der Waals surface area contributed by atoms with Gasteiger partial charge in [0, 0.05) is 0 Å². The van der Waals surface area contributed by atoms with Crippen LogP contribution in [0.4, 0.5) is 5.95 Å². The lowest BCUT2D eigenvalue weighted by Gasteiger charge is -1.96. The maximum Gasteiger partial charge on any atom is 0.336 e. The highest BCUT2D eigenvalue weighted by molar-refractivity contribution is 6.29. The van der Waals surface area contributed by atoms with Gasteiger partial charge in [-0.25, -0.2) is 5.10 Å². The molecule has 1 amide bonds. The van der Waals surface area contributed by atoms with Crippen molar-refractivity contribution < 1.29 is 13.9 Å². The number of H-pyrrole nitrogens is 1. The van der Waals surface area contributed by atoms with E-state index in [1.165, 1.54) is 19.2 Å². The number of amides is 1. The van der Waals surface area contributed by atoms with Gasteiger partial charge in [-0.15, -0.1) is 5.10 Å². The molecule has 0 aromatic carbocycles. The van der Waals surface area contributed by atoms with Crippen molar-refractivity contribution in [2.24, 2.45) is 0 Å². The fourth-order valence-corrected chi connectivity index (χ4v) is 1.15. The number of carbonyl (C=O) groups is 1. The molecule has 2 aromatic heterocycles. The molecule has 0 bridgehead atoms. The molecule has 0 unspecified atom stereocenters. The van der Waals surface area contributed by atoms with E-state index in [-0.39, 0.29) is 22.9 Å². The first-order chi connectivity index (χ1) is 7.69. The minimum atomic E-state index is -0.481. The molecule has 7 nitrogen and oxygen atoms in total. The summed E-state index contributed by atoms with van der Waals surface area (Å²) in [6, 6.07) is 3.05. The average molecular weight is 243 g/mol. The molecule has 0 radical (unpaired) electrons. The van der Waals surface area contributed by atoms with E-state index in [1.54, 1.807) is 0 Å². The number of aromatic nitrogens is 3. The fourth-order valence-electron chi connectivity index (χ4n) is 0.999. The Kier molecular flexibility index (Phi) is 2.78. The van der Waals surface area contributed by atoms with Gasteiger partial charge in [0.05, 0.1) is 7.11 Å². The normalized spacial score (nSPS) is 10.1. The number of nitrogens with zero attached hydrogens (tertiary/aromatic N) is 2. The van der Waals surface area contributed by atoms with Crippen LogP contribution in [0.5, 0.6) is 6.01 Å². The number of nitrogens with one attached hydrogen (secondary N) is 2. The quantitative estimate of drug-likeness (QED) is 0.847. The molecule has 0 spiro atoms. The first-order valence-electron chi connectivity index (χ1n) is 4.22. The molecule has 0 fully saturated rings.